The predicted octanol–water partition coefficient (Wildman–Crippen LogP) is 2.59. The average Bonchev–Trinajstić information content (AvgIpc) is 2.47. The first-order valence-electron chi connectivity index (χ1n) is 5.02. The molecule has 1 aliphatic rings. The van der Waals surface area contributed by atoms with Gasteiger partial charge in [-0.15, -0.1) is 0 Å². The van der Waals surface area contributed by atoms with E-state index in [2.05, 4.69) is 11.4 Å². The van der Waals surface area contributed by atoms with Gasteiger partial charge in [-0.05, 0) is 42.7 Å². The van der Waals surface area contributed by atoms with Gasteiger partial charge >= 0.3 is 0 Å². The summed E-state index contributed by atoms with van der Waals surface area (Å²) in [4.78, 5) is 0. The zero-order valence-corrected chi connectivity index (χ0v) is 8.09. The minimum atomic E-state index is -0.166. The quantitative estimate of drug-likeness (QED) is 0.719. The van der Waals surface area contributed by atoms with E-state index in [9.17, 15) is 4.39 Å². The molecule has 14 heavy (non-hydrogen) atoms. The summed E-state index contributed by atoms with van der Waals surface area (Å²) in [7, 11) is 0. The normalized spacial score (nSPS) is 17.4. The molecule has 0 saturated heterocycles. The topological polar surface area (TPSA) is 12.0 Å². The molecule has 0 fully saturated rings. The van der Waals surface area contributed by atoms with Crippen LogP contribution in [0.3, 0.4) is 0 Å². The Kier molecular flexibility index (Phi) is 2.94. The number of hydrogen-bond acceptors (Lipinski definition) is 1. The molecule has 74 valence electrons. The van der Waals surface area contributed by atoms with Crippen LogP contribution in [0.4, 0.5) is 4.39 Å². The van der Waals surface area contributed by atoms with Crippen LogP contribution in [-0.4, -0.2) is 13.1 Å². The highest BCUT2D eigenvalue weighted by Gasteiger charge is 2.04. The molecule has 0 aliphatic carbocycles. The van der Waals surface area contributed by atoms with Crippen LogP contribution in [0, 0.1) is 5.82 Å². The van der Waals surface area contributed by atoms with E-state index >= 15 is 0 Å². The lowest BCUT2D eigenvalue weighted by molar-refractivity contribution is 0.627. The van der Waals surface area contributed by atoms with E-state index < -0.39 is 0 Å². The highest BCUT2D eigenvalue weighted by atomic mass is 19.1. The highest BCUT2D eigenvalue weighted by Crippen LogP contribution is 2.20. The monoisotopic (exact) mass is 191 g/mol. The fourth-order valence-electron chi connectivity index (χ4n) is 1.73. The summed E-state index contributed by atoms with van der Waals surface area (Å²) in [6.45, 7) is 1.99. The summed E-state index contributed by atoms with van der Waals surface area (Å²) in [5.74, 6) is -0.166. The van der Waals surface area contributed by atoms with Crippen LogP contribution >= 0.6 is 0 Å². The third kappa shape index (κ3) is 2.20. The molecule has 0 saturated carbocycles. The maximum atomic E-state index is 12.7. The number of nitrogens with one attached hydrogen (secondary N) is 1. The summed E-state index contributed by atoms with van der Waals surface area (Å²) in [6, 6.07) is 6.75. The number of allylic oxidation sites excluding steroid dienone is 1. The molecule has 1 aliphatic heterocycles. The Morgan fingerprint density at radius 1 is 1.14 bits per heavy atom. The molecule has 2 heteroatoms. The molecule has 0 spiro atoms. The fourth-order valence-corrected chi connectivity index (χ4v) is 1.73. The Morgan fingerprint density at radius 2 is 1.93 bits per heavy atom. The lowest BCUT2D eigenvalue weighted by atomic mass is 10.0. The van der Waals surface area contributed by atoms with Gasteiger partial charge in [0.1, 0.15) is 5.82 Å². The van der Waals surface area contributed by atoms with Gasteiger partial charge in [-0.2, -0.15) is 0 Å². The number of rotatable bonds is 1. The molecule has 0 radical (unpaired) electrons. The zero-order chi connectivity index (χ0) is 9.80. The third-order valence-corrected chi connectivity index (χ3v) is 2.51. The van der Waals surface area contributed by atoms with Crippen LogP contribution in [0.5, 0.6) is 0 Å². The summed E-state index contributed by atoms with van der Waals surface area (Å²) in [6.07, 6.45) is 4.43. The van der Waals surface area contributed by atoms with Crippen molar-refractivity contribution in [1.29, 1.82) is 0 Å². The van der Waals surface area contributed by atoms with Crippen LogP contribution in [0.2, 0.25) is 0 Å². The van der Waals surface area contributed by atoms with Crippen molar-refractivity contribution >= 4 is 5.57 Å². The lowest BCUT2D eigenvalue weighted by Gasteiger charge is -2.04. The molecule has 0 bridgehead atoms. The highest BCUT2D eigenvalue weighted by molar-refractivity contribution is 5.65. The van der Waals surface area contributed by atoms with Crippen molar-refractivity contribution < 1.29 is 4.39 Å². The van der Waals surface area contributed by atoms with Gasteiger partial charge in [0.25, 0.3) is 0 Å². The Balaban J connectivity index is 2.20. The zero-order valence-electron chi connectivity index (χ0n) is 8.09. The third-order valence-electron chi connectivity index (χ3n) is 2.51. The molecule has 1 nitrogen and oxygen atoms in total. The van der Waals surface area contributed by atoms with Gasteiger partial charge in [0.2, 0.25) is 0 Å². The van der Waals surface area contributed by atoms with Crippen LogP contribution in [0.1, 0.15) is 18.4 Å². The summed E-state index contributed by atoms with van der Waals surface area (Å²) >= 11 is 0. The molecule has 0 atom stereocenters. The van der Waals surface area contributed by atoms with E-state index in [4.69, 9.17) is 0 Å². The smallest absolute Gasteiger partial charge is 0.123 e. The van der Waals surface area contributed by atoms with Crippen LogP contribution < -0.4 is 5.32 Å². The minimum Gasteiger partial charge on any atom is -0.313 e. The van der Waals surface area contributed by atoms with Crippen molar-refractivity contribution in [2.75, 3.05) is 13.1 Å². The van der Waals surface area contributed by atoms with E-state index in [0.717, 1.165) is 31.5 Å². The Bertz CT molecular complexity index is 327. The molecule has 1 aromatic carbocycles. The second-order valence-electron chi connectivity index (χ2n) is 3.54. The molecule has 1 N–H and O–H groups in total. The first kappa shape index (κ1) is 9.41. The number of benzene rings is 1. The molecule has 1 heterocycles. The van der Waals surface area contributed by atoms with Crippen molar-refractivity contribution in [1.82, 2.24) is 5.32 Å². The summed E-state index contributed by atoms with van der Waals surface area (Å²) in [5.41, 5.74) is 2.48. The van der Waals surface area contributed by atoms with Gasteiger partial charge in [-0.3, -0.25) is 0 Å². The van der Waals surface area contributed by atoms with Gasteiger partial charge < -0.3 is 5.32 Å². The Morgan fingerprint density at radius 3 is 2.71 bits per heavy atom. The standard InChI is InChI=1S/C12H14FN/c13-12-5-3-11(4-6-12)10-2-1-8-14-9-7-10/h3-7,14H,1-2,8-9H2. The maximum Gasteiger partial charge on any atom is 0.123 e. The SMILES string of the molecule is Fc1ccc(C2=CCNCCC2)cc1. The van der Waals surface area contributed by atoms with Gasteiger partial charge in [0.15, 0.2) is 0 Å². The van der Waals surface area contributed by atoms with Gasteiger partial charge in [0, 0.05) is 6.54 Å². The predicted molar refractivity (Wildman–Crippen MR) is 56.5 cm³/mol. The van der Waals surface area contributed by atoms with Crippen molar-refractivity contribution in [2.45, 2.75) is 12.8 Å². The van der Waals surface area contributed by atoms with Gasteiger partial charge in [0.05, 0.1) is 0 Å². The second kappa shape index (κ2) is 4.38. The van der Waals surface area contributed by atoms with Crippen LogP contribution in [0.25, 0.3) is 5.57 Å². The molecular formula is C12H14FN. The van der Waals surface area contributed by atoms with E-state index in [-0.39, 0.29) is 5.82 Å². The first-order valence-corrected chi connectivity index (χ1v) is 5.02. The summed E-state index contributed by atoms with van der Waals surface area (Å²) in [5, 5.41) is 3.31. The summed E-state index contributed by atoms with van der Waals surface area (Å²) < 4.78 is 12.7. The van der Waals surface area contributed by atoms with Gasteiger partial charge in [-0.25, -0.2) is 4.39 Å². The number of hydrogen-bond donors (Lipinski definition) is 1. The van der Waals surface area contributed by atoms with Crippen LogP contribution in [0.15, 0.2) is 30.3 Å². The van der Waals surface area contributed by atoms with E-state index in [1.807, 2.05) is 12.1 Å². The average molecular weight is 191 g/mol. The van der Waals surface area contributed by atoms with Crippen molar-refractivity contribution in [3.05, 3.63) is 41.7 Å². The second-order valence-corrected chi connectivity index (χ2v) is 3.54. The van der Waals surface area contributed by atoms with E-state index in [1.165, 1.54) is 17.7 Å². The fraction of sp³-hybridized carbons (Fsp3) is 0.333. The molecule has 0 amide bonds. The molecule has 2 rings (SSSR count). The lowest BCUT2D eigenvalue weighted by Crippen LogP contribution is -2.12. The maximum absolute atomic E-state index is 12.7. The number of halogens is 1. The largest absolute Gasteiger partial charge is 0.313 e. The Labute approximate surface area is 83.6 Å². The minimum absolute atomic E-state index is 0.166. The van der Waals surface area contributed by atoms with Crippen molar-refractivity contribution in [2.24, 2.45) is 0 Å². The molecular weight excluding hydrogens is 177 g/mol. The Hall–Kier alpha value is -1.15. The van der Waals surface area contributed by atoms with Crippen molar-refractivity contribution in [3.8, 4) is 0 Å². The molecule has 0 aromatic heterocycles. The molecule has 1 aromatic rings. The van der Waals surface area contributed by atoms with Crippen molar-refractivity contribution in [3.63, 3.8) is 0 Å². The first-order chi connectivity index (χ1) is 6.86. The van der Waals surface area contributed by atoms with Crippen LogP contribution in [-0.2, 0) is 0 Å². The van der Waals surface area contributed by atoms with Gasteiger partial charge in [-0.1, -0.05) is 18.2 Å². The van der Waals surface area contributed by atoms with E-state index in [0.29, 0.717) is 0 Å². The molecule has 0 unspecified atom stereocenters. The van der Waals surface area contributed by atoms with E-state index in [1.54, 1.807) is 0 Å².